The summed E-state index contributed by atoms with van der Waals surface area (Å²) in [5.41, 5.74) is 6.14. The molecule has 6 N–H and O–H groups in total. The lowest BCUT2D eigenvalue weighted by atomic mass is 10.2. The van der Waals surface area contributed by atoms with Gasteiger partial charge in [-0.1, -0.05) is 29.3 Å². The van der Waals surface area contributed by atoms with Crippen LogP contribution in [-0.4, -0.2) is 15.1 Å². The molecule has 1 heterocycles. The van der Waals surface area contributed by atoms with E-state index < -0.39 is 11.2 Å². The van der Waals surface area contributed by atoms with Crippen LogP contribution in [0.25, 0.3) is 10.9 Å². The van der Waals surface area contributed by atoms with E-state index in [9.17, 15) is 9.59 Å². The number of hydrogen-bond donors (Lipinski definition) is 5. The first-order chi connectivity index (χ1) is 11.9. The van der Waals surface area contributed by atoms with E-state index in [1.807, 2.05) is 0 Å². The minimum atomic E-state index is -0.608. The minimum Gasteiger partial charge on any atom is -0.396 e. The van der Waals surface area contributed by atoms with Gasteiger partial charge in [0.15, 0.2) is 5.11 Å². The third-order valence-electron chi connectivity index (χ3n) is 3.40. The monoisotopic (exact) mass is 395 g/mol. The van der Waals surface area contributed by atoms with Crippen LogP contribution in [0, 0.1) is 0 Å². The second-order valence-electron chi connectivity index (χ2n) is 5.03. The molecule has 10 heteroatoms. The summed E-state index contributed by atoms with van der Waals surface area (Å²) >= 11 is 17.4. The number of rotatable bonds is 2. The van der Waals surface area contributed by atoms with Crippen molar-refractivity contribution in [1.29, 1.82) is 0 Å². The van der Waals surface area contributed by atoms with Crippen LogP contribution in [-0.2, 0) is 0 Å². The fourth-order valence-electron chi connectivity index (χ4n) is 2.28. The van der Waals surface area contributed by atoms with Crippen molar-refractivity contribution in [2.75, 3.05) is 16.4 Å². The summed E-state index contributed by atoms with van der Waals surface area (Å²) < 4.78 is 0. The molecule has 0 fully saturated rings. The number of aromatic amines is 2. The van der Waals surface area contributed by atoms with Crippen LogP contribution in [0.4, 0.5) is 17.1 Å². The Hall–Kier alpha value is -2.55. The molecule has 0 aliphatic carbocycles. The molecule has 7 nitrogen and oxygen atoms in total. The highest BCUT2D eigenvalue weighted by molar-refractivity contribution is 7.80. The zero-order valence-electron chi connectivity index (χ0n) is 12.4. The molecule has 0 saturated carbocycles. The first kappa shape index (κ1) is 17.3. The normalized spacial score (nSPS) is 10.6. The highest BCUT2D eigenvalue weighted by Gasteiger charge is 2.12. The van der Waals surface area contributed by atoms with Gasteiger partial charge in [-0.2, -0.15) is 0 Å². The van der Waals surface area contributed by atoms with Crippen molar-refractivity contribution < 1.29 is 0 Å². The maximum atomic E-state index is 12.0. The summed E-state index contributed by atoms with van der Waals surface area (Å²) in [4.78, 5) is 27.9. The predicted molar refractivity (Wildman–Crippen MR) is 106 cm³/mol. The third-order valence-corrected chi connectivity index (χ3v) is 4.23. The summed E-state index contributed by atoms with van der Waals surface area (Å²) in [5, 5.41) is 6.90. The predicted octanol–water partition coefficient (Wildman–Crippen LogP) is 2.91. The van der Waals surface area contributed by atoms with Crippen molar-refractivity contribution >= 4 is 68.5 Å². The number of anilines is 3. The van der Waals surface area contributed by atoms with Gasteiger partial charge < -0.3 is 21.4 Å². The molecule has 0 bridgehead atoms. The van der Waals surface area contributed by atoms with E-state index in [1.165, 1.54) is 0 Å². The van der Waals surface area contributed by atoms with E-state index in [4.69, 9.17) is 41.2 Å². The number of nitrogen functional groups attached to an aromatic ring is 1. The van der Waals surface area contributed by atoms with Gasteiger partial charge in [0.2, 0.25) is 0 Å². The van der Waals surface area contributed by atoms with Crippen LogP contribution in [0.5, 0.6) is 0 Å². The van der Waals surface area contributed by atoms with Gasteiger partial charge in [0.05, 0.1) is 38.0 Å². The van der Waals surface area contributed by atoms with Gasteiger partial charge in [-0.15, -0.1) is 0 Å². The molecular weight excluding hydrogens is 385 g/mol. The number of fused-ring (bicyclic) bond motifs is 1. The standard InChI is InChI=1S/C15H11Cl2N5O2S/c16-6-2-1-3-7(17)12(6)21-15(25)20-9-5-4-8-10(11(9)18)13(23)22-14(24)19-8/h1-5H,18H2,(H2,20,21,25)(H2,19,22,23,24). The number of nitrogens with one attached hydrogen (secondary N) is 4. The van der Waals surface area contributed by atoms with Crippen molar-refractivity contribution in [1.82, 2.24) is 9.97 Å². The molecule has 3 aromatic rings. The van der Waals surface area contributed by atoms with Crippen molar-refractivity contribution in [3.05, 3.63) is 61.2 Å². The number of para-hydroxylation sites is 1. The largest absolute Gasteiger partial charge is 0.396 e. The first-order valence-corrected chi connectivity index (χ1v) is 8.10. The van der Waals surface area contributed by atoms with Crippen molar-refractivity contribution in [2.24, 2.45) is 0 Å². The van der Waals surface area contributed by atoms with Gasteiger partial charge in [-0.25, -0.2) is 4.79 Å². The minimum absolute atomic E-state index is 0.143. The zero-order chi connectivity index (χ0) is 18.1. The number of benzene rings is 2. The molecule has 0 atom stereocenters. The lowest BCUT2D eigenvalue weighted by Gasteiger charge is -2.15. The molecule has 0 aliphatic heterocycles. The highest BCUT2D eigenvalue weighted by atomic mass is 35.5. The van der Waals surface area contributed by atoms with Gasteiger partial charge >= 0.3 is 5.69 Å². The van der Waals surface area contributed by atoms with Crippen LogP contribution < -0.4 is 27.6 Å². The van der Waals surface area contributed by atoms with E-state index in [0.717, 1.165) is 0 Å². The topological polar surface area (TPSA) is 116 Å². The SMILES string of the molecule is Nc1c(NC(=S)Nc2c(Cl)cccc2Cl)ccc2[nH]c(=O)[nH]c(=O)c12. The smallest absolute Gasteiger partial charge is 0.326 e. The van der Waals surface area contributed by atoms with Crippen LogP contribution in [0.3, 0.4) is 0 Å². The molecular formula is C15H11Cl2N5O2S. The fraction of sp³-hybridized carbons (Fsp3) is 0. The fourth-order valence-corrected chi connectivity index (χ4v) is 2.98. The molecule has 2 aromatic carbocycles. The Balaban J connectivity index is 1.93. The molecule has 3 rings (SSSR count). The van der Waals surface area contributed by atoms with Gasteiger partial charge in [-0.3, -0.25) is 9.78 Å². The van der Waals surface area contributed by atoms with Crippen molar-refractivity contribution in [3.63, 3.8) is 0 Å². The Labute approximate surface area is 156 Å². The maximum absolute atomic E-state index is 12.0. The van der Waals surface area contributed by atoms with Crippen LogP contribution in [0.1, 0.15) is 0 Å². The second kappa shape index (κ2) is 6.75. The highest BCUT2D eigenvalue weighted by Crippen LogP contribution is 2.30. The van der Waals surface area contributed by atoms with E-state index in [1.54, 1.807) is 30.3 Å². The van der Waals surface area contributed by atoms with Gasteiger partial charge in [0.1, 0.15) is 0 Å². The van der Waals surface area contributed by atoms with E-state index in [2.05, 4.69) is 20.6 Å². The van der Waals surface area contributed by atoms with Crippen molar-refractivity contribution in [3.8, 4) is 0 Å². The van der Waals surface area contributed by atoms with Gasteiger partial charge in [-0.05, 0) is 36.5 Å². The number of H-pyrrole nitrogens is 2. The Morgan fingerprint density at radius 3 is 2.40 bits per heavy atom. The van der Waals surface area contributed by atoms with Crippen LogP contribution in [0.15, 0.2) is 39.9 Å². The maximum Gasteiger partial charge on any atom is 0.326 e. The average molecular weight is 396 g/mol. The molecule has 0 amide bonds. The molecule has 1 aromatic heterocycles. The summed E-state index contributed by atoms with van der Waals surface area (Å²) in [6, 6.07) is 8.18. The lowest BCUT2D eigenvalue weighted by molar-refractivity contribution is 1.08. The Morgan fingerprint density at radius 1 is 1.04 bits per heavy atom. The Kier molecular flexibility index (Phi) is 4.67. The number of aromatic nitrogens is 2. The quantitative estimate of drug-likeness (QED) is 0.336. The molecule has 25 heavy (non-hydrogen) atoms. The van der Waals surface area contributed by atoms with Gasteiger partial charge in [0.25, 0.3) is 5.56 Å². The molecule has 0 radical (unpaired) electrons. The summed E-state index contributed by atoms with van der Waals surface area (Å²) in [7, 11) is 0. The van der Waals surface area contributed by atoms with Crippen LogP contribution in [0.2, 0.25) is 10.0 Å². The zero-order valence-corrected chi connectivity index (χ0v) is 14.8. The Bertz CT molecular complexity index is 1090. The van der Waals surface area contributed by atoms with Crippen LogP contribution >= 0.6 is 35.4 Å². The van der Waals surface area contributed by atoms with Gasteiger partial charge in [0, 0.05) is 0 Å². The number of nitrogens with two attached hydrogens (primary N) is 1. The molecule has 0 unspecified atom stereocenters. The van der Waals surface area contributed by atoms with E-state index in [-0.39, 0.29) is 16.2 Å². The second-order valence-corrected chi connectivity index (χ2v) is 6.26. The average Bonchev–Trinajstić information content (AvgIpc) is 2.53. The summed E-state index contributed by atoms with van der Waals surface area (Å²) in [6.07, 6.45) is 0. The third kappa shape index (κ3) is 3.46. The number of hydrogen-bond acceptors (Lipinski definition) is 4. The van der Waals surface area contributed by atoms with Crippen molar-refractivity contribution in [2.45, 2.75) is 0 Å². The van der Waals surface area contributed by atoms with E-state index >= 15 is 0 Å². The Morgan fingerprint density at radius 2 is 1.72 bits per heavy atom. The lowest BCUT2D eigenvalue weighted by Crippen LogP contribution is -2.24. The molecule has 0 saturated heterocycles. The summed E-state index contributed by atoms with van der Waals surface area (Å²) in [5.74, 6) is 0. The van der Waals surface area contributed by atoms with E-state index in [0.29, 0.717) is 26.9 Å². The molecule has 0 aliphatic rings. The number of thiocarbonyl (C=S) groups is 1. The first-order valence-electron chi connectivity index (χ1n) is 6.93. The number of halogens is 2. The summed E-state index contributed by atoms with van der Waals surface area (Å²) in [6.45, 7) is 0. The molecule has 128 valence electrons. The molecule has 0 spiro atoms.